The number of benzene rings is 1. The van der Waals surface area contributed by atoms with Crippen LogP contribution in [-0.2, 0) is 11.2 Å². The van der Waals surface area contributed by atoms with E-state index in [0.29, 0.717) is 37.6 Å². The van der Waals surface area contributed by atoms with E-state index in [-0.39, 0.29) is 6.03 Å². The monoisotopic (exact) mass is 361 g/mol. The quantitative estimate of drug-likeness (QED) is 0.812. The van der Waals surface area contributed by atoms with Crippen LogP contribution in [0.25, 0.3) is 0 Å². The smallest absolute Gasteiger partial charge is 0.314 e. The molecule has 1 aromatic rings. The fourth-order valence-corrected chi connectivity index (χ4v) is 3.71. The summed E-state index contributed by atoms with van der Waals surface area (Å²) >= 11 is 0. The lowest BCUT2D eigenvalue weighted by Gasteiger charge is -2.37. The van der Waals surface area contributed by atoms with Crippen LogP contribution in [-0.4, -0.2) is 63.0 Å². The lowest BCUT2D eigenvalue weighted by Crippen LogP contribution is -2.52. The van der Waals surface area contributed by atoms with E-state index in [9.17, 15) is 4.79 Å². The first-order valence-electron chi connectivity index (χ1n) is 9.67. The number of nitrogens with one attached hydrogen (secondary N) is 2. The molecule has 2 aliphatic rings. The molecule has 0 bridgehead atoms. The van der Waals surface area contributed by atoms with Crippen LogP contribution in [0.2, 0.25) is 0 Å². The maximum absolute atomic E-state index is 12.2. The first-order chi connectivity index (χ1) is 12.6. The molecule has 2 unspecified atom stereocenters. The summed E-state index contributed by atoms with van der Waals surface area (Å²) in [7, 11) is 0. The lowest BCUT2D eigenvalue weighted by molar-refractivity contribution is 0.00719. The van der Waals surface area contributed by atoms with E-state index in [1.807, 2.05) is 18.2 Å². The predicted octanol–water partition coefficient (Wildman–Crippen LogP) is 1.89. The molecule has 2 aliphatic heterocycles. The first kappa shape index (κ1) is 19.0. The number of fused-ring (bicyclic) bond motifs is 1. The summed E-state index contributed by atoms with van der Waals surface area (Å²) in [6.45, 7) is 9.78. The topological polar surface area (TPSA) is 62.8 Å². The Morgan fingerprint density at radius 2 is 2.00 bits per heavy atom. The van der Waals surface area contributed by atoms with Crippen molar-refractivity contribution in [3.63, 3.8) is 0 Å². The average molecular weight is 361 g/mol. The molecule has 26 heavy (non-hydrogen) atoms. The molecular formula is C20H31N3O3. The highest BCUT2D eigenvalue weighted by molar-refractivity contribution is 5.73. The molecule has 1 fully saturated rings. The van der Waals surface area contributed by atoms with Crippen molar-refractivity contribution in [3.8, 4) is 5.75 Å². The number of nitrogens with zero attached hydrogens (tertiary/aromatic N) is 1. The maximum Gasteiger partial charge on any atom is 0.314 e. The average Bonchev–Trinajstić information content (AvgIpc) is 2.67. The minimum Gasteiger partial charge on any atom is -0.493 e. The van der Waals surface area contributed by atoms with Crippen LogP contribution >= 0.6 is 0 Å². The molecule has 0 aliphatic carbocycles. The minimum atomic E-state index is -0.0947. The molecular weight excluding hydrogens is 330 g/mol. The molecule has 6 heteroatoms. The van der Waals surface area contributed by atoms with Crippen molar-refractivity contribution >= 4 is 6.03 Å². The van der Waals surface area contributed by atoms with Gasteiger partial charge >= 0.3 is 6.03 Å². The van der Waals surface area contributed by atoms with Crippen molar-refractivity contribution in [2.75, 3.05) is 46.0 Å². The zero-order chi connectivity index (χ0) is 18.4. The molecule has 3 rings (SSSR count). The van der Waals surface area contributed by atoms with Crippen LogP contribution in [0.3, 0.4) is 0 Å². The van der Waals surface area contributed by atoms with Gasteiger partial charge in [0, 0.05) is 38.1 Å². The molecule has 0 radical (unpaired) electrons. The van der Waals surface area contributed by atoms with Crippen LogP contribution in [0.15, 0.2) is 24.3 Å². The predicted molar refractivity (Wildman–Crippen MR) is 102 cm³/mol. The number of carbonyl (C=O) groups excluding carboxylic acids is 1. The van der Waals surface area contributed by atoms with Crippen molar-refractivity contribution in [2.45, 2.75) is 26.3 Å². The standard InChI is InChI=1S/C20H31N3O3/c1-15(2)18(23-7-9-25-10-8-23)13-22-20(24)21-12-16-11-17-5-3-4-6-19(17)26-14-16/h3-6,15-16,18H,7-14H2,1-2H3,(H2,21,22,24). The van der Waals surface area contributed by atoms with Crippen LogP contribution < -0.4 is 15.4 Å². The molecule has 0 aromatic heterocycles. The third-order valence-corrected chi connectivity index (χ3v) is 5.26. The van der Waals surface area contributed by atoms with Gasteiger partial charge in [-0.15, -0.1) is 0 Å². The van der Waals surface area contributed by atoms with E-state index in [4.69, 9.17) is 9.47 Å². The number of amides is 2. The molecule has 2 heterocycles. The SMILES string of the molecule is CC(C)C(CNC(=O)NCC1COc2ccccc2C1)N1CCOCC1. The Balaban J connectivity index is 1.41. The van der Waals surface area contributed by atoms with Gasteiger partial charge in [0.15, 0.2) is 0 Å². The molecule has 0 saturated carbocycles. The Morgan fingerprint density at radius 3 is 2.77 bits per heavy atom. The van der Waals surface area contributed by atoms with Crippen molar-refractivity contribution in [1.82, 2.24) is 15.5 Å². The highest BCUT2D eigenvalue weighted by Crippen LogP contribution is 2.26. The number of morpholine rings is 1. The maximum atomic E-state index is 12.2. The molecule has 0 spiro atoms. The summed E-state index contributed by atoms with van der Waals surface area (Å²) in [5, 5.41) is 6.05. The number of rotatable bonds is 6. The largest absolute Gasteiger partial charge is 0.493 e. The highest BCUT2D eigenvalue weighted by Gasteiger charge is 2.24. The molecule has 2 atom stereocenters. The van der Waals surface area contributed by atoms with E-state index >= 15 is 0 Å². The minimum absolute atomic E-state index is 0.0947. The molecule has 1 aromatic carbocycles. The third-order valence-electron chi connectivity index (χ3n) is 5.26. The van der Waals surface area contributed by atoms with Gasteiger partial charge in [-0.1, -0.05) is 32.0 Å². The molecule has 2 amide bonds. The second-order valence-electron chi connectivity index (χ2n) is 7.54. The normalized spacial score (nSPS) is 21.6. The van der Waals surface area contributed by atoms with E-state index in [2.05, 4.69) is 35.4 Å². The number of hydrogen-bond donors (Lipinski definition) is 2. The zero-order valence-corrected chi connectivity index (χ0v) is 15.9. The Kier molecular flexibility index (Phi) is 6.74. The van der Waals surface area contributed by atoms with Crippen LogP contribution in [0.1, 0.15) is 19.4 Å². The van der Waals surface area contributed by atoms with E-state index < -0.39 is 0 Å². The van der Waals surface area contributed by atoms with Crippen molar-refractivity contribution in [2.24, 2.45) is 11.8 Å². The summed E-state index contributed by atoms with van der Waals surface area (Å²) in [5.74, 6) is 1.77. The van der Waals surface area contributed by atoms with E-state index in [1.165, 1.54) is 5.56 Å². The number of para-hydroxylation sites is 1. The highest BCUT2D eigenvalue weighted by atomic mass is 16.5. The van der Waals surface area contributed by atoms with Crippen molar-refractivity contribution in [3.05, 3.63) is 29.8 Å². The van der Waals surface area contributed by atoms with Gasteiger partial charge in [-0.05, 0) is 24.0 Å². The Hall–Kier alpha value is -1.79. The van der Waals surface area contributed by atoms with Gasteiger partial charge in [-0.3, -0.25) is 4.90 Å². The van der Waals surface area contributed by atoms with Crippen LogP contribution in [0.5, 0.6) is 5.75 Å². The second kappa shape index (κ2) is 9.24. The van der Waals surface area contributed by atoms with E-state index in [0.717, 1.165) is 38.5 Å². The van der Waals surface area contributed by atoms with Gasteiger partial charge in [0.2, 0.25) is 0 Å². The summed E-state index contributed by atoms with van der Waals surface area (Å²) < 4.78 is 11.2. The summed E-state index contributed by atoms with van der Waals surface area (Å²) in [4.78, 5) is 14.7. The lowest BCUT2D eigenvalue weighted by atomic mass is 9.97. The molecule has 2 N–H and O–H groups in total. The fraction of sp³-hybridized carbons (Fsp3) is 0.650. The molecule has 6 nitrogen and oxygen atoms in total. The van der Waals surface area contributed by atoms with Crippen LogP contribution in [0, 0.1) is 11.8 Å². The number of carbonyl (C=O) groups is 1. The summed E-state index contributed by atoms with van der Waals surface area (Å²) in [5.41, 5.74) is 1.22. The Bertz CT molecular complexity index is 587. The Labute approximate surface area is 156 Å². The molecule has 1 saturated heterocycles. The van der Waals surface area contributed by atoms with Gasteiger partial charge < -0.3 is 20.1 Å². The van der Waals surface area contributed by atoms with Gasteiger partial charge in [0.25, 0.3) is 0 Å². The summed E-state index contributed by atoms with van der Waals surface area (Å²) in [6, 6.07) is 8.37. The van der Waals surface area contributed by atoms with Gasteiger partial charge in [-0.25, -0.2) is 4.79 Å². The second-order valence-corrected chi connectivity index (χ2v) is 7.54. The van der Waals surface area contributed by atoms with E-state index in [1.54, 1.807) is 0 Å². The third kappa shape index (κ3) is 5.11. The number of ether oxygens (including phenoxy) is 2. The van der Waals surface area contributed by atoms with Crippen LogP contribution in [0.4, 0.5) is 4.79 Å². The fourth-order valence-electron chi connectivity index (χ4n) is 3.71. The van der Waals surface area contributed by atoms with Crippen molar-refractivity contribution in [1.29, 1.82) is 0 Å². The summed E-state index contributed by atoms with van der Waals surface area (Å²) in [6.07, 6.45) is 0.943. The Morgan fingerprint density at radius 1 is 1.23 bits per heavy atom. The van der Waals surface area contributed by atoms with Crippen molar-refractivity contribution < 1.29 is 14.3 Å². The van der Waals surface area contributed by atoms with Gasteiger partial charge in [0.05, 0.1) is 19.8 Å². The van der Waals surface area contributed by atoms with Gasteiger partial charge in [0.1, 0.15) is 5.75 Å². The number of hydrogen-bond acceptors (Lipinski definition) is 4. The van der Waals surface area contributed by atoms with Gasteiger partial charge in [-0.2, -0.15) is 0 Å². The first-order valence-corrected chi connectivity index (χ1v) is 9.67. The molecule has 144 valence electrons. The number of urea groups is 1. The zero-order valence-electron chi connectivity index (χ0n) is 15.9.